The van der Waals surface area contributed by atoms with E-state index in [0.717, 1.165) is 19.4 Å². The average Bonchev–Trinajstić information content (AvgIpc) is 2.73. The van der Waals surface area contributed by atoms with Crippen molar-refractivity contribution in [2.75, 3.05) is 31.4 Å². The second kappa shape index (κ2) is 9.80. The lowest BCUT2D eigenvalue weighted by atomic mass is 10.1. The predicted octanol–water partition coefficient (Wildman–Crippen LogP) is 4.94. The Bertz CT molecular complexity index is 906. The minimum absolute atomic E-state index is 0.480. The third-order valence-corrected chi connectivity index (χ3v) is 4.46. The van der Waals surface area contributed by atoms with E-state index in [0.29, 0.717) is 34.0 Å². The highest BCUT2D eigenvalue weighted by Gasteiger charge is 2.11. The van der Waals surface area contributed by atoms with Crippen molar-refractivity contribution in [3.05, 3.63) is 65.3 Å². The fraction of sp³-hybridized carbons (Fsp3) is 0.238. The van der Waals surface area contributed by atoms with Gasteiger partial charge in [0.1, 0.15) is 17.3 Å². The van der Waals surface area contributed by atoms with E-state index in [-0.39, 0.29) is 0 Å². The van der Waals surface area contributed by atoms with Crippen LogP contribution in [0.1, 0.15) is 12.0 Å². The summed E-state index contributed by atoms with van der Waals surface area (Å²) in [4.78, 5) is 8.78. The molecule has 3 aromatic rings. The number of hydrogen-bond acceptors (Lipinski definition) is 6. The number of benzene rings is 2. The summed E-state index contributed by atoms with van der Waals surface area (Å²) >= 11 is 6.16. The number of methoxy groups -OCH3 is 2. The summed E-state index contributed by atoms with van der Waals surface area (Å²) in [6.45, 7) is 0.788. The van der Waals surface area contributed by atoms with Crippen LogP contribution in [-0.2, 0) is 6.42 Å². The number of nitrogens with one attached hydrogen (secondary N) is 2. The Balaban J connectivity index is 1.62. The first-order chi connectivity index (χ1) is 13.7. The molecular formula is C21H23ClN4O2. The van der Waals surface area contributed by atoms with Crippen molar-refractivity contribution in [1.29, 1.82) is 0 Å². The van der Waals surface area contributed by atoms with E-state index in [4.69, 9.17) is 21.1 Å². The average molecular weight is 399 g/mol. The highest BCUT2D eigenvalue weighted by molar-refractivity contribution is 6.32. The number of rotatable bonds is 9. The van der Waals surface area contributed by atoms with Crippen LogP contribution in [0.15, 0.2) is 54.7 Å². The molecule has 2 N–H and O–H groups in total. The lowest BCUT2D eigenvalue weighted by molar-refractivity contribution is 0.405. The molecule has 0 bridgehead atoms. The summed E-state index contributed by atoms with van der Waals surface area (Å²) in [5.41, 5.74) is 2.03. The molecule has 0 atom stereocenters. The quantitative estimate of drug-likeness (QED) is 0.498. The molecule has 2 aromatic carbocycles. The van der Waals surface area contributed by atoms with E-state index in [9.17, 15) is 0 Å². The molecule has 0 fully saturated rings. The first-order valence-electron chi connectivity index (χ1n) is 8.99. The molecule has 0 saturated carbocycles. The largest absolute Gasteiger partial charge is 0.495 e. The molecule has 0 spiro atoms. The standard InChI is InChI=1S/C21H23ClN4O2/c1-27-18-14-17(19(28-2)13-16(18)22)25-20-10-12-24-21(26-20)23-11-6-9-15-7-4-3-5-8-15/h3-5,7-8,10,12-14H,6,9,11H2,1-2H3,(H2,23,24,25,26). The van der Waals surface area contributed by atoms with E-state index in [1.54, 1.807) is 38.6 Å². The molecule has 0 aliphatic heterocycles. The summed E-state index contributed by atoms with van der Waals surface area (Å²) < 4.78 is 10.7. The number of aromatic nitrogens is 2. The molecule has 3 rings (SSSR count). The van der Waals surface area contributed by atoms with Gasteiger partial charge < -0.3 is 20.1 Å². The van der Waals surface area contributed by atoms with Crippen molar-refractivity contribution in [1.82, 2.24) is 9.97 Å². The van der Waals surface area contributed by atoms with E-state index in [1.165, 1.54) is 5.56 Å². The van der Waals surface area contributed by atoms with Crippen LogP contribution in [0.3, 0.4) is 0 Å². The van der Waals surface area contributed by atoms with Gasteiger partial charge >= 0.3 is 0 Å². The smallest absolute Gasteiger partial charge is 0.224 e. The SMILES string of the molecule is COc1cc(Nc2ccnc(NCCCc3ccccc3)n2)c(OC)cc1Cl. The molecule has 0 saturated heterocycles. The number of hydrogen-bond donors (Lipinski definition) is 2. The summed E-state index contributed by atoms with van der Waals surface area (Å²) in [6.07, 6.45) is 3.70. The zero-order chi connectivity index (χ0) is 19.8. The highest BCUT2D eigenvalue weighted by atomic mass is 35.5. The Morgan fingerprint density at radius 2 is 1.79 bits per heavy atom. The van der Waals surface area contributed by atoms with Gasteiger partial charge in [-0.25, -0.2) is 4.98 Å². The van der Waals surface area contributed by atoms with Gasteiger partial charge in [0.25, 0.3) is 0 Å². The Morgan fingerprint density at radius 3 is 2.54 bits per heavy atom. The fourth-order valence-electron chi connectivity index (χ4n) is 2.75. The van der Waals surface area contributed by atoms with Crippen LogP contribution >= 0.6 is 11.6 Å². The normalized spacial score (nSPS) is 10.4. The number of nitrogens with zero attached hydrogens (tertiary/aromatic N) is 2. The summed E-state index contributed by atoms with van der Waals surface area (Å²) in [5.74, 6) is 2.36. The van der Waals surface area contributed by atoms with E-state index in [2.05, 4.69) is 44.9 Å². The van der Waals surface area contributed by atoms with E-state index in [1.807, 2.05) is 6.07 Å². The lowest BCUT2D eigenvalue weighted by Crippen LogP contribution is -2.07. The van der Waals surface area contributed by atoms with Crippen LogP contribution in [0, 0.1) is 0 Å². The summed E-state index contributed by atoms with van der Waals surface area (Å²) in [6, 6.07) is 15.7. The molecule has 1 heterocycles. The lowest BCUT2D eigenvalue weighted by Gasteiger charge is -2.14. The molecule has 0 aliphatic rings. The number of aryl methyl sites for hydroxylation is 1. The third-order valence-electron chi connectivity index (χ3n) is 4.16. The number of anilines is 3. The minimum Gasteiger partial charge on any atom is -0.495 e. The Kier molecular flexibility index (Phi) is 6.92. The van der Waals surface area contributed by atoms with E-state index < -0.39 is 0 Å². The first kappa shape index (κ1) is 19.8. The van der Waals surface area contributed by atoms with Gasteiger partial charge in [0.05, 0.1) is 24.9 Å². The van der Waals surface area contributed by atoms with Crippen LogP contribution in [0.5, 0.6) is 11.5 Å². The van der Waals surface area contributed by atoms with Gasteiger partial charge in [0.2, 0.25) is 5.95 Å². The Hall–Kier alpha value is -2.99. The van der Waals surface area contributed by atoms with E-state index >= 15 is 0 Å². The Labute approximate surface area is 169 Å². The molecule has 146 valence electrons. The van der Waals surface area contributed by atoms with Crippen molar-refractivity contribution >= 4 is 29.1 Å². The zero-order valence-electron chi connectivity index (χ0n) is 15.9. The maximum atomic E-state index is 6.16. The van der Waals surface area contributed by atoms with Crippen molar-refractivity contribution in [2.45, 2.75) is 12.8 Å². The van der Waals surface area contributed by atoms with Crippen LogP contribution in [0.4, 0.5) is 17.5 Å². The van der Waals surface area contributed by atoms with Crippen molar-refractivity contribution < 1.29 is 9.47 Å². The molecule has 0 unspecified atom stereocenters. The molecule has 0 amide bonds. The van der Waals surface area contributed by atoms with Crippen LogP contribution in [0.2, 0.25) is 5.02 Å². The molecule has 1 aromatic heterocycles. The first-order valence-corrected chi connectivity index (χ1v) is 9.37. The molecule has 6 nitrogen and oxygen atoms in total. The minimum atomic E-state index is 0.480. The van der Waals surface area contributed by atoms with Crippen molar-refractivity contribution in [2.24, 2.45) is 0 Å². The van der Waals surface area contributed by atoms with Crippen LogP contribution in [0.25, 0.3) is 0 Å². The summed E-state index contributed by atoms with van der Waals surface area (Å²) in [7, 11) is 3.16. The Morgan fingerprint density at radius 1 is 1.00 bits per heavy atom. The third kappa shape index (κ3) is 5.27. The van der Waals surface area contributed by atoms with Gasteiger partial charge in [0.15, 0.2) is 0 Å². The van der Waals surface area contributed by atoms with Crippen molar-refractivity contribution in [3.8, 4) is 11.5 Å². The van der Waals surface area contributed by atoms with Gasteiger partial charge in [-0.15, -0.1) is 0 Å². The molecular weight excluding hydrogens is 376 g/mol. The maximum absolute atomic E-state index is 6.16. The molecule has 0 radical (unpaired) electrons. The second-order valence-corrected chi connectivity index (χ2v) is 6.50. The van der Waals surface area contributed by atoms with Gasteiger partial charge in [-0.05, 0) is 24.5 Å². The zero-order valence-corrected chi connectivity index (χ0v) is 16.7. The monoisotopic (exact) mass is 398 g/mol. The fourth-order valence-corrected chi connectivity index (χ4v) is 2.98. The number of ether oxygens (including phenoxy) is 2. The van der Waals surface area contributed by atoms with Crippen LogP contribution < -0.4 is 20.1 Å². The highest BCUT2D eigenvalue weighted by Crippen LogP contribution is 2.37. The molecule has 28 heavy (non-hydrogen) atoms. The second-order valence-electron chi connectivity index (χ2n) is 6.09. The van der Waals surface area contributed by atoms with Gasteiger partial charge in [-0.2, -0.15) is 4.98 Å². The molecule has 0 aliphatic carbocycles. The summed E-state index contributed by atoms with van der Waals surface area (Å²) in [5, 5.41) is 6.97. The predicted molar refractivity (Wildman–Crippen MR) is 113 cm³/mol. The van der Waals surface area contributed by atoms with Gasteiger partial charge in [-0.3, -0.25) is 0 Å². The molecule has 7 heteroatoms. The van der Waals surface area contributed by atoms with Crippen LogP contribution in [-0.4, -0.2) is 30.7 Å². The van der Waals surface area contributed by atoms with Gasteiger partial charge in [0, 0.05) is 24.9 Å². The maximum Gasteiger partial charge on any atom is 0.224 e. The van der Waals surface area contributed by atoms with Crippen molar-refractivity contribution in [3.63, 3.8) is 0 Å². The van der Waals surface area contributed by atoms with Gasteiger partial charge in [-0.1, -0.05) is 41.9 Å². The number of halogens is 1. The topological polar surface area (TPSA) is 68.3 Å².